The first-order valence-corrected chi connectivity index (χ1v) is 9.24. The summed E-state index contributed by atoms with van der Waals surface area (Å²) in [7, 11) is 0. The Labute approximate surface area is 156 Å². The Bertz CT molecular complexity index is 934. The van der Waals surface area contributed by atoms with Crippen molar-refractivity contribution in [1.29, 1.82) is 0 Å². The number of amides is 2. The van der Waals surface area contributed by atoms with Gasteiger partial charge in [0.2, 0.25) is 5.78 Å². The Morgan fingerprint density at radius 3 is 2.38 bits per heavy atom. The predicted octanol–water partition coefficient (Wildman–Crippen LogP) is 3.43. The molecule has 2 N–H and O–H groups in total. The van der Waals surface area contributed by atoms with Gasteiger partial charge in [0.15, 0.2) is 0 Å². The summed E-state index contributed by atoms with van der Waals surface area (Å²) in [4.78, 5) is 37.9. The third kappa shape index (κ3) is 4.41. The molecule has 0 aliphatic rings. The normalized spacial score (nSPS) is 10.3. The fourth-order valence-electron chi connectivity index (χ4n) is 2.09. The number of nitrogens with one attached hydrogen (secondary N) is 2. The molecule has 26 heavy (non-hydrogen) atoms. The van der Waals surface area contributed by atoms with Gasteiger partial charge in [0.1, 0.15) is 5.82 Å². The summed E-state index contributed by atoms with van der Waals surface area (Å²) in [5.41, 5.74) is 0.325. The lowest BCUT2D eigenvalue weighted by Crippen LogP contribution is -2.34. The summed E-state index contributed by atoms with van der Waals surface area (Å²) in [6, 6.07) is 12.1. The predicted molar refractivity (Wildman–Crippen MR) is 98.9 cm³/mol. The average molecular weight is 388 g/mol. The van der Waals surface area contributed by atoms with E-state index in [0.29, 0.717) is 15.4 Å². The van der Waals surface area contributed by atoms with Gasteiger partial charge in [0.05, 0.1) is 16.3 Å². The second-order valence-corrected chi connectivity index (χ2v) is 7.33. The number of anilines is 1. The molecule has 132 valence electrons. The molecule has 0 saturated heterocycles. The van der Waals surface area contributed by atoms with E-state index >= 15 is 0 Å². The molecule has 0 unspecified atom stereocenters. The first kappa shape index (κ1) is 18.0. The molecule has 0 atom stereocenters. The van der Waals surface area contributed by atoms with E-state index in [1.807, 2.05) is 11.4 Å². The van der Waals surface area contributed by atoms with Gasteiger partial charge in [-0.2, -0.15) is 0 Å². The fraction of sp³-hybridized carbons (Fsp3) is 0.0556. The van der Waals surface area contributed by atoms with Crippen LogP contribution in [-0.2, 0) is 16.1 Å². The first-order chi connectivity index (χ1) is 12.5. The number of hydrogen-bond acceptors (Lipinski definition) is 5. The van der Waals surface area contributed by atoms with Crippen molar-refractivity contribution in [3.63, 3.8) is 0 Å². The number of thiophene rings is 2. The van der Waals surface area contributed by atoms with E-state index in [2.05, 4.69) is 10.6 Å². The average Bonchev–Trinajstić information content (AvgIpc) is 3.33. The number of carbonyl (C=O) groups is 3. The highest BCUT2D eigenvalue weighted by Crippen LogP contribution is 2.22. The van der Waals surface area contributed by atoms with Gasteiger partial charge >= 0.3 is 11.8 Å². The third-order valence-corrected chi connectivity index (χ3v) is 5.31. The number of halogens is 1. The molecule has 2 heterocycles. The van der Waals surface area contributed by atoms with E-state index in [4.69, 9.17) is 0 Å². The molecule has 5 nitrogen and oxygen atoms in total. The zero-order valence-corrected chi connectivity index (χ0v) is 15.0. The summed E-state index contributed by atoms with van der Waals surface area (Å²) in [5.74, 6) is -2.15. The molecule has 0 spiro atoms. The second kappa shape index (κ2) is 8.03. The van der Waals surface area contributed by atoms with E-state index in [1.54, 1.807) is 18.2 Å². The zero-order valence-electron chi connectivity index (χ0n) is 13.3. The van der Waals surface area contributed by atoms with Crippen molar-refractivity contribution in [1.82, 2.24) is 5.32 Å². The maximum Gasteiger partial charge on any atom is 0.313 e. The van der Waals surface area contributed by atoms with Crippen molar-refractivity contribution >= 4 is 46.0 Å². The Kier molecular flexibility index (Phi) is 5.55. The summed E-state index contributed by atoms with van der Waals surface area (Å²) < 4.78 is 12.8. The number of rotatable bonds is 5. The van der Waals surface area contributed by atoms with E-state index in [1.165, 1.54) is 46.9 Å². The van der Waals surface area contributed by atoms with Gasteiger partial charge < -0.3 is 10.6 Å². The Hall–Kier alpha value is -2.84. The van der Waals surface area contributed by atoms with Crippen molar-refractivity contribution < 1.29 is 18.8 Å². The highest BCUT2D eigenvalue weighted by atomic mass is 32.1. The summed E-state index contributed by atoms with van der Waals surface area (Å²) >= 11 is 2.64. The van der Waals surface area contributed by atoms with Gasteiger partial charge in [0.25, 0.3) is 0 Å². The van der Waals surface area contributed by atoms with Crippen molar-refractivity contribution in [3.05, 3.63) is 74.4 Å². The van der Waals surface area contributed by atoms with Crippen LogP contribution >= 0.6 is 22.7 Å². The highest BCUT2D eigenvalue weighted by molar-refractivity contribution is 7.16. The Morgan fingerprint density at radius 2 is 1.69 bits per heavy atom. The van der Waals surface area contributed by atoms with Crippen LogP contribution in [-0.4, -0.2) is 17.6 Å². The lowest BCUT2D eigenvalue weighted by molar-refractivity contribution is -0.136. The van der Waals surface area contributed by atoms with E-state index in [9.17, 15) is 18.8 Å². The van der Waals surface area contributed by atoms with Crippen molar-refractivity contribution in [3.8, 4) is 0 Å². The first-order valence-electron chi connectivity index (χ1n) is 7.54. The van der Waals surface area contributed by atoms with E-state index in [0.717, 1.165) is 4.88 Å². The van der Waals surface area contributed by atoms with Crippen LogP contribution in [0.4, 0.5) is 10.1 Å². The molecular weight excluding hydrogens is 375 g/mol. The quantitative estimate of drug-likeness (QED) is 0.519. The van der Waals surface area contributed by atoms with Gasteiger partial charge in [-0.15, -0.1) is 22.7 Å². The standard InChI is InChI=1S/C18H13FN2O3S2/c19-11-3-5-12(6-4-11)21-18(24)17(23)20-10-13-7-8-15(26-13)16(22)14-2-1-9-25-14/h1-9H,10H2,(H,20,23)(H,21,24). The van der Waals surface area contributed by atoms with E-state index in [-0.39, 0.29) is 12.3 Å². The van der Waals surface area contributed by atoms with Crippen LogP contribution in [0.3, 0.4) is 0 Å². The number of benzene rings is 1. The van der Waals surface area contributed by atoms with Crippen LogP contribution < -0.4 is 10.6 Å². The van der Waals surface area contributed by atoms with Crippen LogP contribution in [0.25, 0.3) is 0 Å². The molecule has 0 fully saturated rings. The summed E-state index contributed by atoms with van der Waals surface area (Å²) in [5, 5.41) is 6.71. The minimum absolute atomic E-state index is 0.0587. The van der Waals surface area contributed by atoms with Crippen molar-refractivity contribution in [2.75, 3.05) is 5.32 Å². The van der Waals surface area contributed by atoms with Gasteiger partial charge in [-0.25, -0.2) is 4.39 Å². The molecule has 0 aliphatic carbocycles. The van der Waals surface area contributed by atoms with E-state index < -0.39 is 17.6 Å². The molecule has 3 rings (SSSR count). The zero-order chi connectivity index (χ0) is 18.5. The molecular formula is C18H13FN2O3S2. The molecule has 0 saturated carbocycles. The summed E-state index contributed by atoms with van der Waals surface area (Å²) in [6.45, 7) is 0.137. The van der Waals surface area contributed by atoms with Crippen molar-refractivity contribution in [2.24, 2.45) is 0 Å². The topological polar surface area (TPSA) is 75.3 Å². The molecule has 2 amide bonds. The van der Waals surface area contributed by atoms with Crippen LogP contribution in [0.1, 0.15) is 19.4 Å². The maximum absolute atomic E-state index is 12.8. The van der Waals surface area contributed by atoms with Crippen LogP contribution in [0.2, 0.25) is 0 Å². The molecule has 0 bridgehead atoms. The summed E-state index contributed by atoms with van der Waals surface area (Å²) in [6.07, 6.45) is 0. The maximum atomic E-state index is 12.8. The van der Waals surface area contributed by atoms with Gasteiger partial charge in [-0.05, 0) is 47.8 Å². The molecule has 0 aliphatic heterocycles. The fourth-order valence-corrected chi connectivity index (χ4v) is 3.74. The lowest BCUT2D eigenvalue weighted by Gasteiger charge is -2.05. The Morgan fingerprint density at radius 1 is 0.923 bits per heavy atom. The smallest absolute Gasteiger partial charge is 0.313 e. The second-order valence-electron chi connectivity index (χ2n) is 5.22. The van der Waals surface area contributed by atoms with Crippen molar-refractivity contribution in [2.45, 2.75) is 6.54 Å². The Balaban J connectivity index is 1.53. The molecule has 2 aromatic heterocycles. The van der Waals surface area contributed by atoms with Crippen LogP contribution in [0, 0.1) is 5.82 Å². The highest BCUT2D eigenvalue weighted by Gasteiger charge is 2.16. The minimum atomic E-state index is -0.844. The SMILES string of the molecule is O=C(NCc1ccc(C(=O)c2cccs2)s1)C(=O)Nc1ccc(F)cc1. The van der Waals surface area contributed by atoms with Gasteiger partial charge in [-0.3, -0.25) is 14.4 Å². The van der Waals surface area contributed by atoms with Crippen LogP contribution in [0.5, 0.6) is 0 Å². The molecule has 3 aromatic rings. The van der Waals surface area contributed by atoms with Crippen LogP contribution in [0.15, 0.2) is 53.9 Å². The van der Waals surface area contributed by atoms with Gasteiger partial charge in [0, 0.05) is 10.6 Å². The third-order valence-electron chi connectivity index (χ3n) is 3.36. The monoisotopic (exact) mass is 388 g/mol. The molecule has 0 radical (unpaired) electrons. The number of hydrogen-bond donors (Lipinski definition) is 2. The minimum Gasteiger partial charge on any atom is -0.343 e. The number of carbonyl (C=O) groups excluding carboxylic acids is 3. The molecule has 1 aromatic carbocycles. The molecule has 8 heteroatoms. The lowest BCUT2D eigenvalue weighted by atomic mass is 10.3. The number of ketones is 1. The van der Waals surface area contributed by atoms with Gasteiger partial charge in [-0.1, -0.05) is 6.07 Å². The largest absolute Gasteiger partial charge is 0.343 e.